The Kier molecular flexibility index (Phi) is 8.28. The molecule has 10 heteroatoms. The highest BCUT2D eigenvalue weighted by Gasteiger charge is 2.20. The topological polar surface area (TPSA) is 36.3 Å². The normalized spacial score (nSPS) is 11.8. The first-order valence-electron chi connectivity index (χ1n) is 10.2. The van der Waals surface area contributed by atoms with Crippen LogP contribution in [0, 0.1) is 0 Å². The lowest BCUT2D eigenvalue weighted by molar-refractivity contribution is -0.400. The summed E-state index contributed by atoms with van der Waals surface area (Å²) in [5, 5.41) is 2.97. The quantitative estimate of drug-likeness (QED) is 0.248. The fraction of sp³-hybridized carbons (Fsp3) is 0.125. The van der Waals surface area contributed by atoms with Crippen molar-refractivity contribution >= 4 is 47.1 Å². The van der Waals surface area contributed by atoms with Gasteiger partial charge in [0.05, 0.1) is 28.6 Å². The van der Waals surface area contributed by atoms with Gasteiger partial charge in [-0.15, -0.1) is 0 Å². The van der Waals surface area contributed by atoms with Crippen LogP contribution in [0.15, 0.2) is 71.1 Å². The molecule has 0 aliphatic carbocycles. The Bertz CT molecular complexity index is 1350. The number of benzene rings is 3. The predicted octanol–water partition coefficient (Wildman–Crippen LogP) is 6.59. The van der Waals surface area contributed by atoms with Crippen molar-refractivity contribution in [2.24, 2.45) is 0 Å². The Balaban J connectivity index is 0.000000588. The van der Waals surface area contributed by atoms with Gasteiger partial charge in [-0.1, -0.05) is 36.2 Å². The minimum absolute atomic E-state index is 0.506. The summed E-state index contributed by atoms with van der Waals surface area (Å²) in [7, 11) is -4.35. The molecule has 4 rings (SSSR count). The highest BCUT2D eigenvalue weighted by atomic mass is 35.5. The van der Waals surface area contributed by atoms with E-state index in [1.807, 2.05) is 48.5 Å². The van der Waals surface area contributed by atoms with Gasteiger partial charge in [0.2, 0.25) is 11.0 Å². The van der Waals surface area contributed by atoms with Crippen LogP contribution in [0.1, 0.15) is 12.5 Å². The fourth-order valence-corrected chi connectivity index (χ4v) is 3.48. The lowest BCUT2D eigenvalue weighted by Crippen LogP contribution is -2.70. The zero-order chi connectivity index (χ0) is 24.9. The Morgan fingerprint density at radius 1 is 0.882 bits per heavy atom. The lowest BCUT2D eigenvalue weighted by atomic mass is 10.1. The standard InChI is InChI=1S/C24H19Cl2NO2.BF4/c1-3-15-4-11-23-19(12-15)22(27-17-7-10-20(25)21(26)13-17)14-24(29-23)16-5-8-18(28-2)9-6-16;2-1(3,4)5/h4-14H,3H2,1-2H3;/q;-1/p+1. The fourth-order valence-electron chi connectivity index (χ4n) is 3.18. The number of rotatable bonds is 4. The van der Waals surface area contributed by atoms with E-state index in [2.05, 4.69) is 24.0 Å². The first-order chi connectivity index (χ1) is 16.1. The highest BCUT2D eigenvalue weighted by molar-refractivity contribution is 6.50. The van der Waals surface area contributed by atoms with E-state index >= 15 is 0 Å². The molecule has 0 saturated carbocycles. The number of ether oxygens (including phenoxy) is 1. The van der Waals surface area contributed by atoms with E-state index in [0.717, 1.165) is 45.5 Å². The molecule has 0 atom stereocenters. The summed E-state index contributed by atoms with van der Waals surface area (Å²) in [5.41, 5.74) is 3.86. The molecule has 0 spiro atoms. The van der Waals surface area contributed by atoms with Gasteiger partial charge in [-0.3, -0.25) is 0 Å². The van der Waals surface area contributed by atoms with Gasteiger partial charge in [-0.05, 0) is 54.4 Å². The Hall–Kier alpha value is -2.97. The van der Waals surface area contributed by atoms with Gasteiger partial charge in [-0.25, -0.2) is 4.99 Å². The second kappa shape index (κ2) is 11.0. The van der Waals surface area contributed by atoms with Crippen LogP contribution in [-0.4, -0.2) is 14.4 Å². The average Bonchev–Trinajstić information content (AvgIpc) is 2.80. The summed E-state index contributed by atoms with van der Waals surface area (Å²) in [6.45, 7) is 2.14. The minimum Gasteiger partial charge on any atom is -0.497 e. The molecule has 0 bridgehead atoms. The van der Waals surface area contributed by atoms with Crippen LogP contribution in [0.3, 0.4) is 0 Å². The minimum atomic E-state index is -6.00. The zero-order valence-electron chi connectivity index (χ0n) is 18.2. The number of hydrogen-bond donors (Lipinski definition) is 1. The van der Waals surface area contributed by atoms with Crippen LogP contribution in [0.25, 0.3) is 22.3 Å². The summed E-state index contributed by atoms with van der Waals surface area (Å²) < 4.78 is 50.5. The SMILES string of the molecule is CCc1ccc2oc(-c3ccc(OC)cc3)cc(=[NH+]c3ccc(Cl)c(Cl)c3)c2c1.F[B-](F)(F)F. The van der Waals surface area contributed by atoms with E-state index < -0.39 is 7.25 Å². The largest absolute Gasteiger partial charge is 0.673 e. The summed E-state index contributed by atoms with van der Waals surface area (Å²) in [6, 6.07) is 21.6. The molecule has 4 aromatic rings. The maximum atomic E-state index is 9.75. The number of methoxy groups -OCH3 is 1. The van der Waals surface area contributed by atoms with E-state index in [1.54, 1.807) is 13.2 Å². The number of aryl methyl sites for hydroxylation is 1. The molecule has 0 aliphatic rings. The maximum absolute atomic E-state index is 9.75. The smallest absolute Gasteiger partial charge is 0.497 e. The highest BCUT2D eigenvalue weighted by Crippen LogP contribution is 2.25. The maximum Gasteiger partial charge on any atom is 0.673 e. The van der Waals surface area contributed by atoms with E-state index in [4.69, 9.17) is 32.4 Å². The van der Waals surface area contributed by atoms with Crippen molar-refractivity contribution < 1.29 is 31.4 Å². The van der Waals surface area contributed by atoms with Crippen molar-refractivity contribution in [2.75, 3.05) is 7.11 Å². The van der Waals surface area contributed by atoms with E-state index in [1.165, 1.54) is 5.56 Å². The third kappa shape index (κ3) is 7.02. The molecule has 0 radical (unpaired) electrons. The summed E-state index contributed by atoms with van der Waals surface area (Å²) in [6.07, 6.45) is 0.947. The number of nitrogens with one attached hydrogen (secondary N) is 1. The molecule has 0 aliphatic heterocycles. The third-order valence-electron chi connectivity index (χ3n) is 4.81. The van der Waals surface area contributed by atoms with Crippen molar-refractivity contribution in [3.8, 4) is 17.1 Å². The first-order valence-corrected chi connectivity index (χ1v) is 11.0. The summed E-state index contributed by atoms with van der Waals surface area (Å²) in [4.78, 5) is 3.47. The summed E-state index contributed by atoms with van der Waals surface area (Å²) in [5.74, 6) is 1.56. The molecule has 1 aromatic heterocycles. The number of hydrogen-bond acceptors (Lipinski definition) is 2. The third-order valence-corrected chi connectivity index (χ3v) is 5.55. The Labute approximate surface area is 203 Å². The second-order valence-corrected chi connectivity index (χ2v) is 8.00. The molecular weight excluding hydrogens is 492 g/mol. The molecule has 3 nitrogen and oxygen atoms in total. The second-order valence-electron chi connectivity index (χ2n) is 7.19. The van der Waals surface area contributed by atoms with Gasteiger partial charge in [-0.2, -0.15) is 0 Å². The van der Waals surface area contributed by atoms with Gasteiger partial charge in [0.1, 0.15) is 17.1 Å². The first kappa shape index (κ1) is 25.7. The predicted molar refractivity (Wildman–Crippen MR) is 128 cm³/mol. The Morgan fingerprint density at radius 3 is 2.15 bits per heavy atom. The van der Waals surface area contributed by atoms with Gasteiger partial charge < -0.3 is 26.4 Å². The molecule has 0 unspecified atom stereocenters. The van der Waals surface area contributed by atoms with Crippen LogP contribution in [0.5, 0.6) is 5.75 Å². The van der Waals surface area contributed by atoms with Crippen LogP contribution in [-0.2, 0) is 6.42 Å². The van der Waals surface area contributed by atoms with Gasteiger partial charge in [0.15, 0.2) is 0 Å². The van der Waals surface area contributed by atoms with Gasteiger partial charge in [0, 0.05) is 17.7 Å². The van der Waals surface area contributed by atoms with Crippen molar-refractivity contribution in [2.45, 2.75) is 13.3 Å². The van der Waals surface area contributed by atoms with Crippen LogP contribution < -0.4 is 15.1 Å². The monoisotopic (exact) mass is 511 g/mol. The van der Waals surface area contributed by atoms with E-state index in [-0.39, 0.29) is 0 Å². The zero-order valence-corrected chi connectivity index (χ0v) is 19.7. The Morgan fingerprint density at radius 2 is 1.56 bits per heavy atom. The van der Waals surface area contributed by atoms with Crippen LogP contribution >= 0.6 is 23.2 Å². The molecule has 34 heavy (non-hydrogen) atoms. The molecule has 1 N–H and O–H groups in total. The van der Waals surface area contributed by atoms with E-state index in [9.17, 15) is 17.3 Å². The van der Waals surface area contributed by atoms with Crippen molar-refractivity contribution in [3.63, 3.8) is 0 Å². The van der Waals surface area contributed by atoms with Crippen LogP contribution in [0.2, 0.25) is 10.0 Å². The number of halogens is 6. The van der Waals surface area contributed by atoms with E-state index in [0.29, 0.717) is 10.0 Å². The van der Waals surface area contributed by atoms with Crippen molar-refractivity contribution in [1.29, 1.82) is 0 Å². The number of fused-ring (bicyclic) bond motifs is 1. The molecule has 3 aromatic carbocycles. The molecule has 1 heterocycles. The van der Waals surface area contributed by atoms with Gasteiger partial charge in [0.25, 0.3) is 0 Å². The lowest BCUT2D eigenvalue weighted by Gasteiger charge is -2.06. The summed E-state index contributed by atoms with van der Waals surface area (Å²) >= 11 is 12.3. The average molecular weight is 512 g/mol. The molecule has 0 fully saturated rings. The molecule has 178 valence electrons. The molecule has 0 amide bonds. The van der Waals surface area contributed by atoms with Crippen molar-refractivity contribution in [3.05, 3.63) is 87.7 Å². The van der Waals surface area contributed by atoms with Crippen molar-refractivity contribution in [1.82, 2.24) is 0 Å². The molecular formula is C24H20BCl2F4NO2. The molecule has 0 saturated heterocycles. The van der Waals surface area contributed by atoms with Crippen LogP contribution in [0.4, 0.5) is 23.0 Å². The van der Waals surface area contributed by atoms with Gasteiger partial charge >= 0.3 is 7.25 Å².